The zero-order chi connectivity index (χ0) is 17.6. The van der Waals surface area contributed by atoms with E-state index < -0.39 is 0 Å². The molecule has 0 spiro atoms. The van der Waals surface area contributed by atoms with Gasteiger partial charge in [-0.15, -0.1) is 0 Å². The molecule has 3 rings (SSSR count). The van der Waals surface area contributed by atoms with Crippen molar-refractivity contribution in [1.29, 1.82) is 0 Å². The largest absolute Gasteiger partial charge is 0.455 e. The van der Waals surface area contributed by atoms with Crippen molar-refractivity contribution in [1.82, 2.24) is 0 Å². The fourth-order valence-electron chi connectivity index (χ4n) is 2.65. The molecule has 1 heterocycles. The van der Waals surface area contributed by atoms with Crippen LogP contribution in [-0.2, 0) is 6.42 Å². The van der Waals surface area contributed by atoms with Crippen LogP contribution in [0.4, 0.5) is 5.69 Å². The first kappa shape index (κ1) is 17.7. The van der Waals surface area contributed by atoms with Gasteiger partial charge in [0.15, 0.2) is 0 Å². The zero-order valence-corrected chi connectivity index (χ0v) is 16.2. The third kappa shape index (κ3) is 4.70. The minimum absolute atomic E-state index is 0.748. The zero-order valence-electron chi connectivity index (χ0n) is 14.6. The van der Waals surface area contributed by atoms with Gasteiger partial charge in [-0.25, -0.2) is 0 Å². The van der Waals surface area contributed by atoms with E-state index in [0.717, 1.165) is 33.7 Å². The van der Waals surface area contributed by atoms with E-state index in [9.17, 15) is 0 Å². The third-order valence-corrected chi connectivity index (χ3v) is 4.77. The van der Waals surface area contributed by atoms with Gasteiger partial charge in [0, 0.05) is 10.0 Å². The summed E-state index contributed by atoms with van der Waals surface area (Å²) in [6.07, 6.45) is 5.35. The molecule has 0 aliphatic rings. The number of hydrogen-bond donors (Lipinski definition) is 0. The molecular weight excluding hydrogens is 374 g/mol. The monoisotopic (exact) mass is 395 g/mol. The van der Waals surface area contributed by atoms with Crippen LogP contribution in [0.5, 0.6) is 0 Å². The normalized spacial score (nSPS) is 11.3. The second kappa shape index (κ2) is 8.30. The van der Waals surface area contributed by atoms with Gasteiger partial charge in [-0.1, -0.05) is 47.5 Å². The molecule has 0 amide bonds. The SMILES string of the molecule is CCCCc1ccc(N=Cc2ccc(-c3ccc(C)cc3Br)o2)cc1. The predicted molar refractivity (Wildman–Crippen MR) is 109 cm³/mol. The van der Waals surface area contributed by atoms with E-state index in [4.69, 9.17) is 4.42 Å². The minimum atomic E-state index is 0.748. The molecule has 3 aromatic rings. The number of rotatable bonds is 6. The fourth-order valence-corrected chi connectivity index (χ4v) is 3.34. The lowest BCUT2D eigenvalue weighted by Crippen LogP contribution is -1.83. The highest BCUT2D eigenvalue weighted by Crippen LogP contribution is 2.30. The molecule has 0 aliphatic carbocycles. The van der Waals surface area contributed by atoms with Gasteiger partial charge in [0.05, 0.1) is 11.9 Å². The van der Waals surface area contributed by atoms with Crippen molar-refractivity contribution in [2.24, 2.45) is 4.99 Å². The summed E-state index contributed by atoms with van der Waals surface area (Å²) >= 11 is 3.60. The average molecular weight is 396 g/mol. The van der Waals surface area contributed by atoms with Crippen LogP contribution in [0, 0.1) is 6.92 Å². The Morgan fingerprint density at radius 2 is 1.84 bits per heavy atom. The van der Waals surface area contributed by atoms with Crippen LogP contribution in [0.1, 0.15) is 36.7 Å². The lowest BCUT2D eigenvalue weighted by Gasteiger charge is -2.02. The summed E-state index contributed by atoms with van der Waals surface area (Å²) in [5.41, 5.74) is 4.57. The molecule has 0 bridgehead atoms. The number of furan rings is 1. The second-order valence-electron chi connectivity index (χ2n) is 6.21. The molecule has 0 saturated heterocycles. The van der Waals surface area contributed by atoms with E-state index in [1.54, 1.807) is 6.21 Å². The Balaban J connectivity index is 1.71. The second-order valence-corrected chi connectivity index (χ2v) is 7.07. The highest BCUT2D eigenvalue weighted by molar-refractivity contribution is 9.10. The van der Waals surface area contributed by atoms with Crippen LogP contribution in [-0.4, -0.2) is 6.21 Å². The molecule has 2 nitrogen and oxygen atoms in total. The Bertz CT molecular complexity index is 862. The lowest BCUT2D eigenvalue weighted by molar-refractivity contribution is 0.575. The lowest BCUT2D eigenvalue weighted by atomic mass is 10.1. The van der Waals surface area contributed by atoms with Crippen molar-refractivity contribution >= 4 is 27.8 Å². The summed E-state index contributed by atoms with van der Waals surface area (Å²) in [4.78, 5) is 4.51. The number of benzene rings is 2. The Morgan fingerprint density at radius 1 is 1.04 bits per heavy atom. The summed E-state index contributed by atoms with van der Waals surface area (Å²) in [7, 11) is 0. The standard InChI is InChI=1S/C22H22BrNO/c1-3-4-5-17-7-9-18(10-8-17)24-15-19-11-13-22(25-19)20-12-6-16(2)14-21(20)23/h6-15H,3-5H2,1-2H3. The van der Waals surface area contributed by atoms with Gasteiger partial charge in [0.1, 0.15) is 11.5 Å². The van der Waals surface area contributed by atoms with Gasteiger partial charge in [-0.05, 0) is 67.3 Å². The van der Waals surface area contributed by atoms with E-state index in [1.807, 2.05) is 12.1 Å². The molecule has 25 heavy (non-hydrogen) atoms. The maximum absolute atomic E-state index is 5.91. The molecule has 1 aromatic heterocycles. The van der Waals surface area contributed by atoms with E-state index in [-0.39, 0.29) is 0 Å². The fraction of sp³-hybridized carbons (Fsp3) is 0.227. The molecule has 0 N–H and O–H groups in total. The maximum atomic E-state index is 5.91. The minimum Gasteiger partial charge on any atom is -0.455 e. The van der Waals surface area contributed by atoms with Gasteiger partial charge in [-0.2, -0.15) is 0 Å². The van der Waals surface area contributed by atoms with Crippen LogP contribution in [0.15, 0.2) is 68.5 Å². The molecule has 0 fully saturated rings. The summed E-state index contributed by atoms with van der Waals surface area (Å²) in [5.74, 6) is 1.58. The summed E-state index contributed by atoms with van der Waals surface area (Å²) in [6, 6.07) is 18.6. The van der Waals surface area contributed by atoms with E-state index in [0.29, 0.717) is 0 Å². The Kier molecular flexibility index (Phi) is 5.87. The van der Waals surface area contributed by atoms with Crippen LogP contribution in [0.2, 0.25) is 0 Å². The van der Waals surface area contributed by atoms with E-state index in [1.165, 1.54) is 24.0 Å². The Hall–Kier alpha value is -2.13. The quantitative estimate of drug-likeness (QED) is 0.408. The van der Waals surface area contributed by atoms with Crippen LogP contribution < -0.4 is 0 Å². The van der Waals surface area contributed by atoms with Crippen LogP contribution in [0.3, 0.4) is 0 Å². The molecule has 0 atom stereocenters. The van der Waals surface area contributed by atoms with Gasteiger partial charge in [0.2, 0.25) is 0 Å². The molecular formula is C22H22BrNO. The summed E-state index contributed by atoms with van der Waals surface area (Å²) in [5, 5.41) is 0. The summed E-state index contributed by atoms with van der Waals surface area (Å²) < 4.78 is 6.94. The molecule has 0 saturated carbocycles. The smallest absolute Gasteiger partial charge is 0.145 e. The maximum Gasteiger partial charge on any atom is 0.145 e. The number of halogens is 1. The molecule has 128 valence electrons. The third-order valence-electron chi connectivity index (χ3n) is 4.11. The first-order chi connectivity index (χ1) is 12.2. The molecule has 0 aliphatic heterocycles. The predicted octanol–water partition coefficient (Wildman–Crippen LogP) is 7.11. The summed E-state index contributed by atoms with van der Waals surface area (Å²) in [6.45, 7) is 4.29. The highest BCUT2D eigenvalue weighted by atomic mass is 79.9. The van der Waals surface area contributed by atoms with Crippen molar-refractivity contribution in [3.8, 4) is 11.3 Å². The van der Waals surface area contributed by atoms with E-state index >= 15 is 0 Å². The highest BCUT2D eigenvalue weighted by Gasteiger charge is 2.07. The van der Waals surface area contributed by atoms with Gasteiger partial charge >= 0.3 is 0 Å². The molecule has 3 heteroatoms. The topological polar surface area (TPSA) is 25.5 Å². The van der Waals surface area contributed by atoms with Crippen molar-refractivity contribution in [3.63, 3.8) is 0 Å². The first-order valence-corrected chi connectivity index (χ1v) is 9.44. The Morgan fingerprint density at radius 3 is 2.56 bits per heavy atom. The number of aliphatic imine (C=N–C) groups is 1. The van der Waals surface area contributed by atoms with Crippen molar-refractivity contribution in [2.75, 3.05) is 0 Å². The molecule has 0 radical (unpaired) electrons. The number of unbranched alkanes of at least 4 members (excludes halogenated alkanes) is 1. The van der Waals surface area contributed by atoms with Crippen molar-refractivity contribution in [3.05, 3.63) is 76.0 Å². The van der Waals surface area contributed by atoms with Gasteiger partial charge < -0.3 is 4.42 Å². The molecule has 2 aromatic carbocycles. The number of aryl methyl sites for hydroxylation is 2. The number of nitrogens with zero attached hydrogens (tertiary/aromatic N) is 1. The number of hydrogen-bond acceptors (Lipinski definition) is 2. The van der Waals surface area contributed by atoms with Crippen molar-refractivity contribution < 1.29 is 4.42 Å². The molecule has 0 unspecified atom stereocenters. The van der Waals surface area contributed by atoms with Crippen LogP contribution >= 0.6 is 15.9 Å². The average Bonchev–Trinajstić information content (AvgIpc) is 3.08. The van der Waals surface area contributed by atoms with E-state index in [2.05, 4.69) is 77.2 Å². The first-order valence-electron chi connectivity index (χ1n) is 8.65. The van der Waals surface area contributed by atoms with Gasteiger partial charge in [-0.3, -0.25) is 4.99 Å². The van der Waals surface area contributed by atoms with Crippen LogP contribution in [0.25, 0.3) is 11.3 Å². The van der Waals surface area contributed by atoms with Gasteiger partial charge in [0.25, 0.3) is 0 Å². The Labute approximate surface area is 157 Å². The van der Waals surface area contributed by atoms with Crippen molar-refractivity contribution in [2.45, 2.75) is 33.1 Å².